The number of amides is 2. The molecule has 30 heavy (non-hydrogen) atoms. The lowest BCUT2D eigenvalue weighted by atomic mass is 10.1. The first-order valence-electron chi connectivity index (χ1n) is 9.72. The summed E-state index contributed by atoms with van der Waals surface area (Å²) in [5.74, 6) is 0.622. The van der Waals surface area contributed by atoms with Crippen molar-refractivity contribution in [2.75, 3.05) is 0 Å². The zero-order chi connectivity index (χ0) is 21.1. The van der Waals surface area contributed by atoms with Crippen molar-refractivity contribution in [3.8, 4) is 11.5 Å². The van der Waals surface area contributed by atoms with Crippen molar-refractivity contribution in [1.82, 2.24) is 20.4 Å². The number of halogens is 1. The van der Waals surface area contributed by atoms with Gasteiger partial charge in [-0.05, 0) is 54.8 Å². The second-order valence-electron chi connectivity index (χ2n) is 7.28. The summed E-state index contributed by atoms with van der Waals surface area (Å²) in [6.45, 7) is 2.17. The molecule has 0 radical (unpaired) electrons. The standard InChI is InChI=1S/C22H21ClN4O3/c1-14(28)24-12-15-2-4-17(5-3-15)22(29)27(19-10-11-19)13-20-25-26-21(30-20)16-6-8-18(23)9-7-16/h2-9,19H,10-13H2,1H3,(H,24,28). The fourth-order valence-electron chi connectivity index (χ4n) is 3.08. The van der Waals surface area contributed by atoms with E-state index in [0.29, 0.717) is 28.9 Å². The van der Waals surface area contributed by atoms with Gasteiger partial charge < -0.3 is 14.6 Å². The van der Waals surface area contributed by atoms with E-state index in [1.807, 2.05) is 24.3 Å². The summed E-state index contributed by atoms with van der Waals surface area (Å²) in [6, 6.07) is 14.6. The molecule has 1 fully saturated rings. The molecule has 3 aromatic rings. The van der Waals surface area contributed by atoms with Crippen LogP contribution in [0.15, 0.2) is 52.9 Å². The molecule has 0 saturated heterocycles. The van der Waals surface area contributed by atoms with E-state index in [2.05, 4.69) is 15.5 Å². The van der Waals surface area contributed by atoms with Crippen LogP contribution in [0.25, 0.3) is 11.5 Å². The molecule has 7 nitrogen and oxygen atoms in total. The maximum absolute atomic E-state index is 13.1. The van der Waals surface area contributed by atoms with E-state index >= 15 is 0 Å². The van der Waals surface area contributed by atoms with Gasteiger partial charge in [-0.1, -0.05) is 23.7 Å². The van der Waals surface area contributed by atoms with Crippen molar-refractivity contribution in [1.29, 1.82) is 0 Å². The van der Waals surface area contributed by atoms with Gasteiger partial charge in [0.2, 0.25) is 17.7 Å². The van der Waals surface area contributed by atoms with Crippen molar-refractivity contribution in [2.45, 2.75) is 38.9 Å². The van der Waals surface area contributed by atoms with Crippen LogP contribution in [0.4, 0.5) is 0 Å². The maximum atomic E-state index is 13.1. The van der Waals surface area contributed by atoms with E-state index in [1.54, 1.807) is 29.2 Å². The number of carbonyl (C=O) groups is 2. The molecule has 1 N–H and O–H groups in total. The predicted molar refractivity (Wildman–Crippen MR) is 112 cm³/mol. The Kier molecular flexibility index (Phi) is 5.81. The molecule has 0 unspecified atom stereocenters. The van der Waals surface area contributed by atoms with Crippen molar-refractivity contribution in [2.24, 2.45) is 0 Å². The number of nitrogens with zero attached hydrogens (tertiary/aromatic N) is 3. The number of carbonyl (C=O) groups excluding carboxylic acids is 2. The summed E-state index contributed by atoms with van der Waals surface area (Å²) in [5, 5.41) is 11.6. The van der Waals surface area contributed by atoms with Gasteiger partial charge in [0.15, 0.2) is 0 Å². The Hall–Kier alpha value is -3.19. The second kappa shape index (κ2) is 8.67. The lowest BCUT2D eigenvalue weighted by Gasteiger charge is -2.20. The van der Waals surface area contributed by atoms with E-state index in [4.69, 9.17) is 16.0 Å². The number of hydrogen-bond acceptors (Lipinski definition) is 5. The summed E-state index contributed by atoms with van der Waals surface area (Å²) in [6.07, 6.45) is 1.93. The molecule has 1 aliphatic rings. The lowest BCUT2D eigenvalue weighted by Crippen LogP contribution is -2.32. The third-order valence-electron chi connectivity index (χ3n) is 4.85. The summed E-state index contributed by atoms with van der Waals surface area (Å²) < 4.78 is 5.78. The van der Waals surface area contributed by atoms with Gasteiger partial charge in [0.25, 0.3) is 5.91 Å². The summed E-state index contributed by atoms with van der Waals surface area (Å²) in [5.41, 5.74) is 2.30. The largest absolute Gasteiger partial charge is 0.419 e. The topological polar surface area (TPSA) is 88.3 Å². The lowest BCUT2D eigenvalue weighted by molar-refractivity contribution is -0.119. The van der Waals surface area contributed by atoms with E-state index in [0.717, 1.165) is 24.0 Å². The third-order valence-corrected chi connectivity index (χ3v) is 5.11. The molecule has 1 aromatic heterocycles. The smallest absolute Gasteiger partial charge is 0.254 e. The summed E-state index contributed by atoms with van der Waals surface area (Å²) >= 11 is 5.92. The van der Waals surface area contributed by atoms with Crippen LogP contribution in [0.1, 0.15) is 41.6 Å². The fraction of sp³-hybridized carbons (Fsp3) is 0.273. The van der Waals surface area contributed by atoms with Crippen LogP contribution in [0.3, 0.4) is 0 Å². The van der Waals surface area contributed by atoms with E-state index in [-0.39, 0.29) is 24.4 Å². The number of benzene rings is 2. The Morgan fingerprint density at radius 1 is 1.10 bits per heavy atom. The van der Waals surface area contributed by atoms with Crippen LogP contribution in [0, 0.1) is 0 Å². The number of aromatic nitrogens is 2. The highest BCUT2D eigenvalue weighted by atomic mass is 35.5. The molecule has 2 aromatic carbocycles. The van der Waals surface area contributed by atoms with Crippen LogP contribution in [0.2, 0.25) is 5.02 Å². The van der Waals surface area contributed by atoms with Gasteiger partial charge in [-0.2, -0.15) is 0 Å². The average Bonchev–Trinajstić information content (AvgIpc) is 3.49. The quantitative estimate of drug-likeness (QED) is 0.622. The predicted octanol–water partition coefficient (Wildman–Crippen LogP) is 3.83. The monoisotopic (exact) mass is 424 g/mol. The highest BCUT2D eigenvalue weighted by Crippen LogP contribution is 2.30. The molecule has 0 spiro atoms. The fourth-order valence-corrected chi connectivity index (χ4v) is 3.21. The van der Waals surface area contributed by atoms with Gasteiger partial charge in [0, 0.05) is 35.7 Å². The van der Waals surface area contributed by atoms with Gasteiger partial charge in [-0.3, -0.25) is 9.59 Å². The van der Waals surface area contributed by atoms with Crippen LogP contribution in [-0.4, -0.2) is 33.0 Å². The molecule has 8 heteroatoms. The molecule has 154 valence electrons. The van der Waals surface area contributed by atoms with E-state index in [1.165, 1.54) is 6.92 Å². The number of nitrogens with one attached hydrogen (secondary N) is 1. The Morgan fingerprint density at radius 3 is 2.43 bits per heavy atom. The number of rotatable bonds is 7. The Bertz CT molecular complexity index is 1040. The zero-order valence-electron chi connectivity index (χ0n) is 16.5. The highest BCUT2D eigenvalue weighted by Gasteiger charge is 2.34. The Balaban J connectivity index is 1.46. The van der Waals surface area contributed by atoms with Crippen LogP contribution < -0.4 is 5.32 Å². The minimum atomic E-state index is -0.0902. The van der Waals surface area contributed by atoms with Crippen LogP contribution in [-0.2, 0) is 17.9 Å². The van der Waals surface area contributed by atoms with Gasteiger partial charge in [-0.25, -0.2) is 0 Å². The molecule has 1 aliphatic carbocycles. The van der Waals surface area contributed by atoms with Gasteiger partial charge in [0.05, 0.1) is 6.54 Å². The van der Waals surface area contributed by atoms with Crippen molar-refractivity contribution in [3.63, 3.8) is 0 Å². The third kappa shape index (κ3) is 4.86. The molecule has 0 atom stereocenters. The van der Waals surface area contributed by atoms with Crippen molar-refractivity contribution >= 4 is 23.4 Å². The highest BCUT2D eigenvalue weighted by molar-refractivity contribution is 6.30. The van der Waals surface area contributed by atoms with Crippen LogP contribution in [0.5, 0.6) is 0 Å². The second-order valence-corrected chi connectivity index (χ2v) is 7.72. The molecule has 4 rings (SSSR count). The number of hydrogen-bond donors (Lipinski definition) is 1. The van der Waals surface area contributed by atoms with E-state index < -0.39 is 0 Å². The maximum Gasteiger partial charge on any atom is 0.254 e. The minimum Gasteiger partial charge on any atom is -0.419 e. The minimum absolute atomic E-state index is 0.0742. The first-order valence-corrected chi connectivity index (χ1v) is 10.1. The molecule has 1 saturated carbocycles. The zero-order valence-corrected chi connectivity index (χ0v) is 17.2. The molecule has 0 bridgehead atoms. The first-order chi connectivity index (χ1) is 14.5. The summed E-state index contributed by atoms with van der Waals surface area (Å²) in [4.78, 5) is 25.9. The van der Waals surface area contributed by atoms with Crippen LogP contribution >= 0.6 is 11.6 Å². The molecule has 0 aliphatic heterocycles. The summed E-state index contributed by atoms with van der Waals surface area (Å²) in [7, 11) is 0. The normalized spacial score (nSPS) is 13.1. The first kappa shape index (κ1) is 20.1. The Labute approximate surface area is 179 Å². The van der Waals surface area contributed by atoms with Gasteiger partial charge >= 0.3 is 0 Å². The molecular weight excluding hydrogens is 404 g/mol. The Morgan fingerprint density at radius 2 is 1.80 bits per heavy atom. The van der Waals surface area contributed by atoms with Crippen molar-refractivity contribution < 1.29 is 14.0 Å². The van der Waals surface area contributed by atoms with Gasteiger partial charge in [-0.15, -0.1) is 10.2 Å². The van der Waals surface area contributed by atoms with E-state index in [9.17, 15) is 9.59 Å². The van der Waals surface area contributed by atoms with Crippen molar-refractivity contribution in [3.05, 3.63) is 70.6 Å². The van der Waals surface area contributed by atoms with Gasteiger partial charge in [0.1, 0.15) is 0 Å². The molecular formula is C22H21ClN4O3. The SMILES string of the molecule is CC(=O)NCc1ccc(C(=O)N(Cc2nnc(-c3ccc(Cl)cc3)o2)C2CC2)cc1. The molecule has 2 amide bonds. The molecule has 1 heterocycles. The average molecular weight is 425 g/mol.